The predicted molar refractivity (Wildman–Crippen MR) is 138 cm³/mol. The Morgan fingerprint density at radius 1 is 1.09 bits per heavy atom. The van der Waals surface area contributed by atoms with Crippen LogP contribution in [0.3, 0.4) is 0 Å². The Morgan fingerprint density at radius 2 is 1.89 bits per heavy atom. The molecule has 0 fully saturated rings. The van der Waals surface area contributed by atoms with Crippen LogP contribution in [0.5, 0.6) is 5.75 Å². The Hall–Kier alpha value is -3.46. The number of benzene rings is 3. The molecule has 0 aliphatic carbocycles. The van der Waals surface area contributed by atoms with Crippen LogP contribution in [0.2, 0.25) is 10.0 Å². The third-order valence-electron chi connectivity index (χ3n) is 4.95. The van der Waals surface area contributed by atoms with Gasteiger partial charge >= 0.3 is 5.97 Å². The molecule has 35 heavy (non-hydrogen) atoms. The first kappa shape index (κ1) is 24.7. The predicted octanol–water partition coefficient (Wildman–Crippen LogP) is 6.28. The van der Waals surface area contributed by atoms with E-state index in [9.17, 15) is 9.59 Å². The van der Waals surface area contributed by atoms with Gasteiger partial charge in [0, 0.05) is 22.5 Å². The lowest BCUT2D eigenvalue weighted by Crippen LogP contribution is -2.15. The van der Waals surface area contributed by atoms with Gasteiger partial charge in [0.25, 0.3) is 0 Å². The number of halogens is 2. The van der Waals surface area contributed by atoms with Crippen LogP contribution in [-0.4, -0.2) is 39.4 Å². The maximum atomic E-state index is 12.6. The van der Waals surface area contributed by atoms with Crippen molar-refractivity contribution in [2.75, 3.05) is 18.2 Å². The zero-order chi connectivity index (χ0) is 24.9. The number of aromatic nitrogens is 2. The van der Waals surface area contributed by atoms with E-state index in [-0.39, 0.29) is 17.2 Å². The van der Waals surface area contributed by atoms with Crippen molar-refractivity contribution in [2.24, 2.45) is 0 Å². The Balaban J connectivity index is 1.63. The van der Waals surface area contributed by atoms with Crippen LogP contribution in [-0.2, 0) is 4.79 Å². The van der Waals surface area contributed by atoms with E-state index in [1.807, 2.05) is 35.0 Å². The average molecular weight is 528 g/mol. The lowest BCUT2D eigenvalue weighted by Gasteiger charge is -2.11. The quantitative estimate of drug-likeness (QED) is 0.262. The van der Waals surface area contributed by atoms with E-state index in [0.29, 0.717) is 37.9 Å². The van der Waals surface area contributed by atoms with Crippen molar-refractivity contribution in [3.05, 3.63) is 88.5 Å². The van der Waals surface area contributed by atoms with Gasteiger partial charge in [0.15, 0.2) is 5.16 Å². The molecule has 7 nitrogen and oxygen atoms in total. The Labute approximate surface area is 215 Å². The first-order valence-electron chi connectivity index (χ1n) is 10.3. The zero-order valence-corrected chi connectivity index (χ0v) is 20.7. The average Bonchev–Trinajstić information content (AvgIpc) is 3.26. The highest BCUT2D eigenvalue weighted by molar-refractivity contribution is 7.99. The lowest BCUT2D eigenvalue weighted by molar-refractivity contribution is -0.113. The number of nitrogens with one attached hydrogen (secondary N) is 1. The van der Waals surface area contributed by atoms with E-state index in [4.69, 9.17) is 38.0 Å². The number of carboxylic acids is 1. The number of ether oxygens (including phenoxy) is 1. The summed E-state index contributed by atoms with van der Waals surface area (Å²) in [6.07, 6.45) is 1.82. The van der Waals surface area contributed by atoms with Gasteiger partial charge in [0.05, 0.1) is 34.8 Å². The van der Waals surface area contributed by atoms with Crippen molar-refractivity contribution in [1.29, 1.82) is 0 Å². The summed E-state index contributed by atoms with van der Waals surface area (Å²) in [6.45, 7) is 0. The Bertz CT molecular complexity index is 1410. The standard InChI is InChI=1S/C25H19Cl2N3O4S/c1-34-22-8-3-2-7-21(22)30-13-20(18-10-9-16(26)12-19(18)27)29-25(30)35-14-23(31)28-17-6-4-5-15(11-17)24(32)33/h2-13H,14H2,1H3,(H,28,31)(H,32,33). The van der Waals surface area contributed by atoms with Gasteiger partial charge in [-0.15, -0.1) is 0 Å². The highest BCUT2D eigenvalue weighted by Gasteiger charge is 2.18. The van der Waals surface area contributed by atoms with Crippen molar-refractivity contribution >= 4 is 52.5 Å². The van der Waals surface area contributed by atoms with Crippen LogP contribution in [0.4, 0.5) is 5.69 Å². The number of carboxylic acid groups (broad SMARTS) is 1. The Morgan fingerprint density at radius 3 is 2.63 bits per heavy atom. The highest BCUT2D eigenvalue weighted by Crippen LogP contribution is 2.34. The van der Waals surface area contributed by atoms with E-state index in [1.54, 1.807) is 37.4 Å². The molecule has 0 saturated heterocycles. The van der Waals surface area contributed by atoms with Gasteiger partial charge in [0.2, 0.25) is 5.91 Å². The lowest BCUT2D eigenvalue weighted by atomic mass is 10.2. The summed E-state index contributed by atoms with van der Waals surface area (Å²) in [6, 6.07) is 18.7. The number of amides is 1. The highest BCUT2D eigenvalue weighted by atomic mass is 35.5. The van der Waals surface area contributed by atoms with Gasteiger partial charge in [-0.1, -0.05) is 53.2 Å². The van der Waals surface area contributed by atoms with E-state index in [2.05, 4.69) is 5.32 Å². The molecule has 0 aliphatic rings. The molecule has 4 aromatic rings. The Kier molecular flexibility index (Phi) is 7.65. The molecule has 4 rings (SSSR count). The minimum Gasteiger partial charge on any atom is -0.495 e. The fraction of sp³-hybridized carbons (Fsp3) is 0.0800. The summed E-state index contributed by atoms with van der Waals surface area (Å²) >= 11 is 13.7. The molecular weight excluding hydrogens is 509 g/mol. The number of carbonyl (C=O) groups excluding carboxylic acids is 1. The number of hydrogen-bond donors (Lipinski definition) is 2. The molecule has 0 atom stereocenters. The molecule has 0 bridgehead atoms. The van der Waals surface area contributed by atoms with Crippen LogP contribution in [0.1, 0.15) is 10.4 Å². The van der Waals surface area contributed by atoms with Gasteiger partial charge < -0.3 is 15.2 Å². The fourth-order valence-electron chi connectivity index (χ4n) is 3.35. The second-order valence-corrected chi connectivity index (χ2v) is 9.08. The summed E-state index contributed by atoms with van der Waals surface area (Å²) < 4.78 is 7.35. The molecule has 0 aliphatic heterocycles. The van der Waals surface area contributed by atoms with Crippen LogP contribution < -0.4 is 10.1 Å². The smallest absolute Gasteiger partial charge is 0.335 e. The number of aromatic carboxylic acids is 1. The first-order chi connectivity index (χ1) is 16.9. The second-order valence-electron chi connectivity index (χ2n) is 7.30. The molecule has 1 heterocycles. The monoisotopic (exact) mass is 527 g/mol. The summed E-state index contributed by atoms with van der Waals surface area (Å²) in [5.74, 6) is -0.701. The van der Waals surface area contributed by atoms with Crippen LogP contribution >= 0.6 is 35.0 Å². The molecule has 178 valence electrons. The van der Waals surface area contributed by atoms with Gasteiger partial charge in [-0.05, 0) is 48.5 Å². The number of nitrogens with zero attached hydrogens (tertiary/aromatic N) is 2. The molecule has 0 saturated carbocycles. The van der Waals surface area contributed by atoms with E-state index >= 15 is 0 Å². The summed E-state index contributed by atoms with van der Waals surface area (Å²) in [7, 11) is 1.58. The van der Waals surface area contributed by atoms with Gasteiger partial charge in [-0.2, -0.15) is 0 Å². The van der Waals surface area contributed by atoms with Crippen LogP contribution in [0.15, 0.2) is 78.1 Å². The molecule has 10 heteroatoms. The van der Waals surface area contributed by atoms with Crippen LogP contribution in [0.25, 0.3) is 16.9 Å². The van der Waals surface area contributed by atoms with E-state index in [0.717, 1.165) is 5.69 Å². The molecular formula is C25H19Cl2N3O4S. The number of rotatable bonds is 8. The number of thioether (sulfide) groups is 1. The number of hydrogen-bond acceptors (Lipinski definition) is 5. The fourth-order valence-corrected chi connectivity index (χ4v) is 4.64. The summed E-state index contributed by atoms with van der Waals surface area (Å²) in [4.78, 5) is 28.5. The van der Waals surface area contributed by atoms with Crippen molar-refractivity contribution in [2.45, 2.75) is 5.16 Å². The molecule has 0 spiro atoms. The van der Waals surface area contributed by atoms with E-state index < -0.39 is 5.97 Å². The molecule has 1 amide bonds. The van der Waals surface area contributed by atoms with Crippen LogP contribution in [0, 0.1) is 0 Å². The maximum Gasteiger partial charge on any atom is 0.335 e. The van der Waals surface area contributed by atoms with Crippen molar-refractivity contribution < 1.29 is 19.4 Å². The van der Waals surface area contributed by atoms with Crippen molar-refractivity contribution in [3.8, 4) is 22.7 Å². The van der Waals surface area contributed by atoms with Crippen molar-refractivity contribution in [1.82, 2.24) is 9.55 Å². The normalized spacial score (nSPS) is 10.7. The minimum absolute atomic E-state index is 0.0389. The van der Waals surface area contributed by atoms with Gasteiger partial charge in [0.1, 0.15) is 5.75 Å². The van der Waals surface area contributed by atoms with E-state index in [1.165, 1.54) is 23.9 Å². The zero-order valence-electron chi connectivity index (χ0n) is 18.4. The minimum atomic E-state index is -1.07. The third kappa shape index (κ3) is 5.79. The number of imidazole rings is 1. The van der Waals surface area contributed by atoms with Gasteiger partial charge in [-0.3, -0.25) is 9.36 Å². The largest absolute Gasteiger partial charge is 0.495 e. The number of methoxy groups -OCH3 is 1. The summed E-state index contributed by atoms with van der Waals surface area (Å²) in [5.41, 5.74) is 2.54. The molecule has 1 aromatic heterocycles. The molecule has 3 aromatic carbocycles. The van der Waals surface area contributed by atoms with Gasteiger partial charge in [-0.25, -0.2) is 9.78 Å². The number of carbonyl (C=O) groups is 2. The SMILES string of the molecule is COc1ccccc1-n1cc(-c2ccc(Cl)cc2Cl)nc1SCC(=O)Nc1cccc(C(=O)O)c1. The first-order valence-corrected chi connectivity index (χ1v) is 12.0. The van der Waals surface area contributed by atoms with Crippen molar-refractivity contribution in [3.63, 3.8) is 0 Å². The number of anilines is 1. The maximum absolute atomic E-state index is 12.6. The number of para-hydroxylation sites is 2. The molecule has 2 N–H and O–H groups in total. The topological polar surface area (TPSA) is 93.5 Å². The molecule has 0 radical (unpaired) electrons. The third-order valence-corrected chi connectivity index (χ3v) is 6.45. The second kappa shape index (κ2) is 10.9. The molecule has 0 unspecified atom stereocenters. The summed E-state index contributed by atoms with van der Waals surface area (Å²) in [5, 5.41) is 13.4.